The molecule has 1 aliphatic rings. The number of carbonyl (C=O) groups is 5. The van der Waals surface area contributed by atoms with Gasteiger partial charge in [-0.1, -0.05) is 34.5 Å². The molecule has 0 aliphatic carbocycles. The maximum atomic E-state index is 13.1. The van der Waals surface area contributed by atoms with Gasteiger partial charge in [-0.15, -0.1) is 0 Å². The minimum absolute atomic E-state index is 0.0128. The molecule has 0 saturated carbocycles. The van der Waals surface area contributed by atoms with E-state index in [0.717, 1.165) is 22.9 Å². The molecule has 1 heterocycles. The van der Waals surface area contributed by atoms with Gasteiger partial charge in [0.05, 0.1) is 24.6 Å². The maximum Gasteiger partial charge on any atom is 0.338 e. The normalized spacial score (nSPS) is 15.7. The smallest absolute Gasteiger partial charge is 0.338 e. The summed E-state index contributed by atoms with van der Waals surface area (Å²) in [5.74, 6) is -2.16. The fourth-order valence-electron chi connectivity index (χ4n) is 4.49. The Hall–Kier alpha value is -3.45. The molecule has 1 unspecified atom stereocenters. The van der Waals surface area contributed by atoms with Crippen LogP contribution in [0.3, 0.4) is 0 Å². The van der Waals surface area contributed by atoms with Crippen molar-refractivity contribution in [2.75, 3.05) is 26.2 Å². The summed E-state index contributed by atoms with van der Waals surface area (Å²) in [5.41, 5.74) is 7.08. The first-order valence-corrected chi connectivity index (χ1v) is 14.6. The third-order valence-corrected chi connectivity index (χ3v) is 7.07. The van der Waals surface area contributed by atoms with E-state index in [0.29, 0.717) is 30.7 Å². The monoisotopic (exact) mass is 637 g/mol. The average Bonchev–Trinajstić information content (AvgIpc) is 2.90. The van der Waals surface area contributed by atoms with E-state index in [1.807, 2.05) is 24.3 Å². The fourth-order valence-corrected chi connectivity index (χ4v) is 4.76. The van der Waals surface area contributed by atoms with Crippen LogP contribution < -0.4 is 21.7 Å². The van der Waals surface area contributed by atoms with Crippen LogP contribution in [0.4, 0.5) is 4.79 Å². The molecule has 0 aromatic heterocycles. The van der Waals surface area contributed by atoms with Crippen molar-refractivity contribution in [2.45, 2.75) is 70.9 Å². The molecule has 6 N–H and O–H groups in total. The molecule has 13 heteroatoms. The molecule has 226 valence electrons. The first-order chi connectivity index (χ1) is 19.6. The van der Waals surface area contributed by atoms with Crippen LogP contribution in [0.2, 0.25) is 0 Å². The molecule has 0 radical (unpaired) electrons. The highest BCUT2D eigenvalue weighted by molar-refractivity contribution is 9.10. The molecule has 1 aromatic rings. The minimum atomic E-state index is -1.01. The number of carbonyl (C=O) groups excluding carboxylic acids is 4. The molecule has 0 spiro atoms. The molecule has 0 bridgehead atoms. The maximum absolute atomic E-state index is 13.1. The first kappa shape index (κ1) is 33.8. The number of carboxylic acids is 1. The summed E-state index contributed by atoms with van der Waals surface area (Å²) in [6, 6.07) is 5.80. The third-order valence-electron chi connectivity index (χ3n) is 6.55. The number of carboxylic acid groups (broad SMARTS) is 1. The average molecular weight is 639 g/mol. The zero-order chi connectivity index (χ0) is 30.4. The van der Waals surface area contributed by atoms with Gasteiger partial charge in [-0.05, 0) is 57.4 Å². The predicted molar refractivity (Wildman–Crippen MR) is 155 cm³/mol. The molecule has 0 fully saturated rings. The molecule has 12 nitrogen and oxygen atoms in total. The lowest BCUT2D eigenvalue weighted by Crippen LogP contribution is -2.48. The number of aliphatic carboxylic acids is 1. The molecule has 41 heavy (non-hydrogen) atoms. The number of hydrogen-bond donors (Lipinski definition) is 5. The van der Waals surface area contributed by atoms with E-state index >= 15 is 0 Å². The predicted octanol–water partition coefficient (Wildman–Crippen LogP) is 2.73. The van der Waals surface area contributed by atoms with Crippen molar-refractivity contribution in [1.82, 2.24) is 20.9 Å². The van der Waals surface area contributed by atoms with Crippen LogP contribution in [0.5, 0.6) is 0 Å². The SMILES string of the molecule is CCOC(=O)C1=C(C)N(CCCC(=O)N[C@@H](CCCCN)CC(=O)NCCC(=O)O)C(=O)NC1c1ccc(Br)cc1. The number of allylic oxidation sites excluding steroid dienone is 1. The van der Waals surface area contributed by atoms with Crippen LogP contribution in [-0.4, -0.2) is 72.1 Å². The highest BCUT2D eigenvalue weighted by Crippen LogP contribution is 2.32. The Morgan fingerprint density at radius 2 is 1.83 bits per heavy atom. The second-order valence-electron chi connectivity index (χ2n) is 9.66. The summed E-state index contributed by atoms with van der Waals surface area (Å²) in [6.07, 6.45) is 2.25. The lowest BCUT2D eigenvalue weighted by molar-refractivity contribution is -0.139. The summed E-state index contributed by atoms with van der Waals surface area (Å²) < 4.78 is 6.15. The molecule has 2 atom stereocenters. The summed E-state index contributed by atoms with van der Waals surface area (Å²) in [7, 11) is 0. The number of esters is 1. The van der Waals surface area contributed by atoms with Gasteiger partial charge in [0.1, 0.15) is 0 Å². The van der Waals surface area contributed by atoms with Crippen molar-refractivity contribution in [3.8, 4) is 0 Å². The van der Waals surface area contributed by atoms with Gasteiger partial charge in [-0.3, -0.25) is 19.3 Å². The number of hydrogen-bond acceptors (Lipinski definition) is 7. The van der Waals surface area contributed by atoms with Gasteiger partial charge >= 0.3 is 18.0 Å². The van der Waals surface area contributed by atoms with E-state index in [1.165, 1.54) is 4.90 Å². The number of halogens is 1. The van der Waals surface area contributed by atoms with Crippen molar-refractivity contribution in [2.24, 2.45) is 5.73 Å². The second kappa shape index (κ2) is 17.4. The van der Waals surface area contributed by atoms with E-state index in [2.05, 4.69) is 31.9 Å². The van der Waals surface area contributed by atoms with Gasteiger partial charge in [-0.25, -0.2) is 9.59 Å². The standard InChI is InChI=1S/C28H40BrN5O7/c1-3-41-27(39)25-18(2)34(28(40)33-26(25)19-9-11-20(29)12-10-19)16-6-8-22(35)32-21(7-4-5-14-30)17-23(36)31-15-13-24(37)38/h9-12,21,26H,3-8,13-17,30H2,1-2H3,(H,31,36)(H,32,35)(H,33,40)(H,37,38)/t21-,26?/m0/s1. The Kier molecular flexibility index (Phi) is 14.3. The topological polar surface area (TPSA) is 180 Å². The van der Waals surface area contributed by atoms with Crippen LogP contribution in [0, 0.1) is 0 Å². The van der Waals surface area contributed by atoms with Crippen LogP contribution in [-0.2, 0) is 23.9 Å². The second-order valence-corrected chi connectivity index (χ2v) is 10.6. The Labute approximate surface area is 248 Å². The summed E-state index contributed by atoms with van der Waals surface area (Å²) in [4.78, 5) is 63.1. The first-order valence-electron chi connectivity index (χ1n) is 13.8. The molecule has 4 amide bonds. The third kappa shape index (κ3) is 11.2. The van der Waals surface area contributed by atoms with Crippen LogP contribution in [0.1, 0.15) is 70.4 Å². The number of unbranched alkanes of at least 4 members (excludes halogenated alkanes) is 1. The number of amides is 4. The fraction of sp³-hybridized carbons (Fsp3) is 0.536. The van der Waals surface area contributed by atoms with Gasteiger partial charge in [0.2, 0.25) is 11.8 Å². The van der Waals surface area contributed by atoms with Crippen LogP contribution in [0.15, 0.2) is 40.0 Å². The van der Waals surface area contributed by atoms with Gasteiger partial charge in [0.25, 0.3) is 0 Å². The number of urea groups is 1. The molecule has 1 aromatic carbocycles. The Balaban J connectivity index is 2.04. The number of nitrogens with one attached hydrogen (secondary N) is 3. The minimum Gasteiger partial charge on any atom is -0.481 e. The number of nitrogens with two attached hydrogens (primary N) is 1. The van der Waals surface area contributed by atoms with E-state index in [-0.39, 0.29) is 56.8 Å². The molecular formula is C28H40BrN5O7. The lowest BCUT2D eigenvalue weighted by Gasteiger charge is -2.35. The summed E-state index contributed by atoms with van der Waals surface area (Å²) >= 11 is 3.39. The molecule has 2 rings (SSSR count). The Morgan fingerprint density at radius 1 is 1.12 bits per heavy atom. The van der Waals surface area contributed by atoms with Crippen molar-refractivity contribution in [3.63, 3.8) is 0 Å². The van der Waals surface area contributed by atoms with Crippen molar-refractivity contribution < 1.29 is 33.8 Å². The number of ether oxygens (including phenoxy) is 1. The quantitative estimate of drug-likeness (QED) is 0.128. The van der Waals surface area contributed by atoms with Crippen LogP contribution in [0.25, 0.3) is 0 Å². The highest BCUT2D eigenvalue weighted by Gasteiger charge is 2.36. The zero-order valence-electron chi connectivity index (χ0n) is 23.5. The molecular weight excluding hydrogens is 598 g/mol. The van der Waals surface area contributed by atoms with Gasteiger partial charge < -0.3 is 31.5 Å². The Bertz CT molecular complexity index is 1110. The van der Waals surface area contributed by atoms with Crippen molar-refractivity contribution in [1.29, 1.82) is 0 Å². The number of benzene rings is 1. The van der Waals surface area contributed by atoms with Gasteiger partial charge in [0.15, 0.2) is 0 Å². The van der Waals surface area contributed by atoms with E-state index in [9.17, 15) is 24.0 Å². The van der Waals surface area contributed by atoms with Crippen molar-refractivity contribution >= 4 is 45.7 Å². The highest BCUT2D eigenvalue weighted by atomic mass is 79.9. The van der Waals surface area contributed by atoms with Gasteiger partial charge in [0, 0.05) is 42.1 Å². The summed E-state index contributed by atoms with van der Waals surface area (Å²) in [6.45, 7) is 4.28. The largest absolute Gasteiger partial charge is 0.481 e. The zero-order valence-corrected chi connectivity index (χ0v) is 25.1. The molecule has 1 aliphatic heterocycles. The molecule has 0 saturated heterocycles. The summed E-state index contributed by atoms with van der Waals surface area (Å²) in [5, 5.41) is 17.1. The van der Waals surface area contributed by atoms with Gasteiger partial charge in [-0.2, -0.15) is 0 Å². The van der Waals surface area contributed by atoms with E-state index in [1.54, 1.807) is 13.8 Å². The van der Waals surface area contributed by atoms with Crippen LogP contribution >= 0.6 is 15.9 Å². The number of rotatable bonds is 17. The van der Waals surface area contributed by atoms with Crippen molar-refractivity contribution in [3.05, 3.63) is 45.6 Å². The van der Waals surface area contributed by atoms with E-state index in [4.69, 9.17) is 15.6 Å². The Morgan fingerprint density at radius 3 is 2.46 bits per heavy atom. The lowest BCUT2D eigenvalue weighted by atomic mass is 9.95. The van der Waals surface area contributed by atoms with E-state index < -0.39 is 24.0 Å². The number of nitrogens with zero attached hydrogens (tertiary/aromatic N) is 1.